The van der Waals surface area contributed by atoms with Gasteiger partial charge in [0.2, 0.25) is 0 Å². The molecule has 0 saturated carbocycles. The maximum atomic E-state index is 11.7. The van der Waals surface area contributed by atoms with E-state index in [1.54, 1.807) is 0 Å². The highest BCUT2D eigenvalue weighted by atomic mass is 31.2. The number of phosphoric ester groups is 3. The van der Waals surface area contributed by atoms with Crippen LogP contribution in [0.1, 0.15) is 27.7 Å². The molecule has 1 saturated heterocycles. The third-order valence-corrected chi connectivity index (χ3v) is 12.3. The lowest BCUT2D eigenvalue weighted by molar-refractivity contribution is -0.284. The maximum Gasteiger partial charge on any atom is 0.470 e. The Morgan fingerprint density at radius 2 is 1.26 bits per heavy atom. The van der Waals surface area contributed by atoms with Crippen molar-refractivity contribution >= 4 is 31.8 Å². The normalized spacial score (nSPS) is 27.9. The lowest BCUT2D eigenvalue weighted by atomic mass is 9.99. The van der Waals surface area contributed by atoms with E-state index < -0.39 is 62.5 Å². The zero-order valence-corrected chi connectivity index (χ0v) is 23.6. The average molecular weight is 576 g/mol. The summed E-state index contributed by atoms with van der Waals surface area (Å²) in [6.07, 6.45) is -9.30. The molecule has 0 unspecified atom stereocenters. The second-order valence-corrected chi connectivity index (χ2v) is 17.3. The molecular weight excluding hydrogens is 541 g/mol. The first kappa shape index (κ1) is 32.5. The monoisotopic (exact) mass is 576 g/mol. The van der Waals surface area contributed by atoms with Crippen LogP contribution in [-0.2, 0) is 41.2 Å². The number of hydrogen-bond donors (Lipinski definition) is 6. The molecule has 19 heteroatoms. The van der Waals surface area contributed by atoms with Crippen molar-refractivity contribution in [3.63, 3.8) is 0 Å². The molecule has 34 heavy (non-hydrogen) atoms. The summed E-state index contributed by atoms with van der Waals surface area (Å²) in [4.78, 5) is 56.0. The molecule has 1 aliphatic rings. The first-order valence-electron chi connectivity index (χ1n) is 10.0. The van der Waals surface area contributed by atoms with Crippen molar-refractivity contribution in [2.24, 2.45) is 5.92 Å². The van der Waals surface area contributed by atoms with Crippen LogP contribution in [0.4, 0.5) is 0 Å². The van der Waals surface area contributed by atoms with Gasteiger partial charge in [-0.25, -0.2) is 13.7 Å². The molecule has 0 spiro atoms. The van der Waals surface area contributed by atoms with Gasteiger partial charge < -0.3 is 43.3 Å². The Balaban J connectivity index is 3.45. The fraction of sp³-hybridized carbons (Fsp3) is 1.00. The molecule has 1 heterocycles. The van der Waals surface area contributed by atoms with E-state index in [4.69, 9.17) is 18.4 Å². The van der Waals surface area contributed by atoms with Crippen LogP contribution in [0.3, 0.4) is 0 Å². The molecule has 1 fully saturated rings. The number of hydrogen-bond acceptors (Lipinski definition) is 9. The fourth-order valence-corrected chi connectivity index (χ4v) is 7.22. The SMILES string of the molecule is CO[C@H]1O[C@H](CO[Si](C)(C)C(C)(C)C(C)C)[C@@H](OP(=O)(O)O)[C@H](OP(=O)(O)O)[C@@H]1OP(=O)(O)O. The Bertz CT molecular complexity index is 818. The molecule has 5 atom stereocenters. The van der Waals surface area contributed by atoms with Gasteiger partial charge in [0.25, 0.3) is 0 Å². The Morgan fingerprint density at radius 1 is 0.853 bits per heavy atom. The summed E-state index contributed by atoms with van der Waals surface area (Å²) in [5, 5.41) is -0.282. The number of ether oxygens (including phenoxy) is 2. The van der Waals surface area contributed by atoms with E-state index in [9.17, 15) is 43.1 Å². The molecule has 6 N–H and O–H groups in total. The van der Waals surface area contributed by atoms with Crippen LogP contribution < -0.4 is 0 Å². The van der Waals surface area contributed by atoms with E-state index in [1.165, 1.54) is 0 Å². The van der Waals surface area contributed by atoms with Crippen molar-refractivity contribution in [2.75, 3.05) is 13.7 Å². The molecule has 0 aromatic rings. The molecule has 0 amide bonds. The van der Waals surface area contributed by atoms with E-state index >= 15 is 0 Å². The van der Waals surface area contributed by atoms with Gasteiger partial charge in [0.15, 0.2) is 14.6 Å². The fourth-order valence-electron chi connectivity index (χ4n) is 3.21. The van der Waals surface area contributed by atoms with Gasteiger partial charge in [0.1, 0.15) is 24.4 Å². The summed E-state index contributed by atoms with van der Waals surface area (Å²) in [6.45, 7) is 11.4. The number of phosphoric acid groups is 3. The van der Waals surface area contributed by atoms with Crippen molar-refractivity contribution in [1.82, 2.24) is 0 Å². The second-order valence-electron chi connectivity index (χ2n) is 9.16. The number of rotatable bonds is 12. The topological polar surface area (TPSA) is 228 Å². The van der Waals surface area contributed by atoms with Crippen LogP contribution in [0.5, 0.6) is 0 Å². The molecule has 1 rings (SSSR count). The van der Waals surface area contributed by atoms with Crippen molar-refractivity contribution in [1.29, 1.82) is 0 Å². The van der Waals surface area contributed by atoms with Crippen LogP contribution in [0.2, 0.25) is 18.1 Å². The van der Waals surface area contributed by atoms with Gasteiger partial charge in [-0.1, -0.05) is 27.7 Å². The largest absolute Gasteiger partial charge is 0.470 e. The van der Waals surface area contributed by atoms with Crippen molar-refractivity contribution in [2.45, 2.75) is 76.5 Å². The highest BCUT2D eigenvalue weighted by Gasteiger charge is 2.55. The summed E-state index contributed by atoms with van der Waals surface area (Å²) >= 11 is 0. The molecule has 0 bridgehead atoms. The highest BCUT2D eigenvalue weighted by Crippen LogP contribution is 2.51. The van der Waals surface area contributed by atoms with Gasteiger partial charge >= 0.3 is 23.5 Å². The minimum absolute atomic E-state index is 0.196. The quantitative estimate of drug-likeness (QED) is 0.143. The van der Waals surface area contributed by atoms with E-state index in [0.717, 1.165) is 7.11 Å². The predicted molar refractivity (Wildman–Crippen MR) is 119 cm³/mol. The molecule has 0 aromatic heterocycles. The smallest absolute Gasteiger partial charge is 0.414 e. The Labute approximate surface area is 198 Å². The Morgan fingerprint density at radius 3 is 1.65 bits per heavy atom. The van der Waals surface area contributed by atoms with Crippen LogP contribution in [0, 0.1) is 5.92 Å². The summed E-state index contributed by atoms with van der Waals surface area (Å²) < 4.78 is 65.3. The highest BCUT2D eigenvalue weighted by molar-refractivity contribution is 7.47. The van der Waals surface area contributed by atoms with E-state index in [0.29, 0.717) is 0 Å². The van der Waals surface area contributed by atoms with Gasteiger partial charge in [0.05, 0.1) is 6.61 Å². The van der Waals surface area contributed by atoms with Crippen LogP contribution in [0.25, 0.3) is 0 Å². The molecule has 15 nitrogen and oxygen atoms in total. The molecule has 0 aromatic carbocycles. The summed E-state index contributed by atoms with van der Waals surface area (Å²) in [5.41, 5.74) is 0. The number of methoxy groups -OCH3 is 1. The molecular formula is C15H35O15P3Si. The van der Waals surface area contributed by atoms with Gasteiger partial charge in [0, 0.05) is 7.11 Å². The van der Waals surface area contributed by atoms with E-state index in [2.05, 4.69) is 9.05 Å². The lowest BCUT2D eigenvalue weighted by Crippen LogP contribution is -2.61. The standard InChI is InChI=1S/C15H35O15P3Si/c1-9(2)15(3,4)34(6,7)26-8-10-11(28-31(16,17)18)12(29-32(19,20)21)13(14(25-5)27-10)30-33(22,23)24/h9-14H,8H2,1-7H3,(H2,16,17,18)(H2,19,20,21)(H2,22,23,24)/t10-,11-,12+,13+,14+/m1/s1. The zero-order valence-electron chi connectivity index (χ0n) is 19.9. The third-order valence-electron chi connectivity index (χ3n) is 6.20. The second kappa shape index (κ2) is 11.4. The van der Waals surface area contributed by atoms with Crippen LogP contribution in [0.15, 0.2) is 0 Å². The summed E-state index contributed by atoms with van der Waals surface area (Å²) in [7, 11) is -17.6. The van der Waals surface area contributed by atoms with E-state index in [-0.39, 0.29) is 17.6 Å². The van der Waals surface area contributed by atoms with Crippen molar-refractivity contribution in [3.05, 3.63) is 0 Å². The van der Waals surface area contributed by atoms with E-state index in [1.807, 2.05) is 40.8 Å². The van der Waals surface area contributed by atoms with Gasteiger partial charge in [-0.05, 0) is 24.1 Å². The van der Waals surface area contributed by atoms with Gasteiger partial charge in [-0.15, -0.1) is 0 Å². The van der Waals surface area contributed by atoms with Crippen molar-refractivity contribution < 1.29 is 70.5 Å². The average Bonchev–Trinajstić information content (AvgIpc) is 2.60. The first-order valence-corrected chi connectivity index (χ1v) is 17.5. The van der Waals surface area contributed by atoms with Gasteiger partial charge in [-0.3, -0.25) is 13.6 Å². The Hall–Kier alpha value is 0.427. The first-order chi connectivity index (χ1) is 15.0. The summed E-state index contributed by atoms with van der Waals surface area (Å²) in [6, 6.07) is 0. The lowest BCUT2D eigenvalue weighted by Gasteiger charge is -2.47. The molecule has 204 valence electrons. The summed E-state index contributed by atoms with van der Waals surface area (Å²) in [5.74, 6) is 0.196. The molecule has 0 radical (unpaired) electrons. The van der Waals surface area contributed by atoms with Crippen molar-refractivity contribution in [3.8, 4) is 0 Å². The maximum absolute atomic E-state index is 11.7. The molecule has 0 aliphatic carbocycles. The van der Waals surface area contributed by atoms with Crippen LogP contribution >= 0.6 is 23.5 Å². The minimum atomic E-state index is -5.40. The third kappa shape index (κ3) is 9.38. The predicted octanol–water partition coefficient (Wildman–Crippen LogP) is 1.45. The zero-order chi connectivity index (χ0) is 26.9. The minimum Gasteiger partial charge on any atom is -0.414 e. The Kier molecular flexibility index (Phi) is 10.9. The van der Waals surface area contributed by atoms with Crippen LogP contribution in [-0.4, -0.2) is 82.1 Å². The molecule has 1 aliphatic heterocycles. The van der Waals surface area contributed by atoms with Gasteiger partial charge in [-0.2, -0.15) is 0 Å².